The van der Waals surface area contributed by atoms with Crippen molar-refractivity contribution in [2.24, 2.45) is 0 Å². The first-order valence-electron chi connectivity index (χ1n) is 10.9. The Bertz CT molecular complexity index is 1490. The van der Waals surface area contributed by atoms with Gasteiger partial charge in [-0.05, 0) is 43.3 Å². The fourth-order valence-corrected chi connectivity index (χ4v) is 4.72. The average Bonchev–Trinajstić information content (AvgIpc) is 2.89. The van der Waals surface area contributed by atoms with Gasteiger partial charge in [0.1, 0.15) is 10.6 Å². The first-order valence-corrected chi connectivity index (χ1v) is 11.7. The third-order valence-electron chi connectivity index (χ3n) is 5.49. The Hall–Kier alpha value is -4.37. The molecule has 4 rings (SSSR count). The predicted octanol–water partition coefficient (Wildman–Crippen LogP) is 5.10. The summed E-state index contributed by atoms with van der Waals surface area (Å²) >= 11 is 1.14. The molecule has 1 aromatic heterocycles. The van der Waals surface area contributed by atoms with Crippen molar-refractivity contribution in [2.45, 2.75) is 6.92 Å². The number of carbonyl (C=O) groups is 2. The van der Waals surface area contributed by atoms with Crippen LogP contribution in [0.1, 0.15) is 26.3 Å². The average molecular weight is 505 g/mol. The predicted molar refractivity (Wildman–Crippen MR) is 141 cm³/mol. The number of nitrogens with one attached hydrogen (secondary N) is 2. The van der Waals surface area contributed by atoms with E-state index in [0.717, 1.165) is 16.9 Å². The van der Waals surface area contributed by atoms with Gasteiger partial charge in [-0.15, -0.1) is 11.3 Å². The van der Waals surface area contributed by atoms with Crippen molar-refractivity contribution in [3.8, 4) is 17.2 Å². The van der Waals surface area contributed by atoms with Crippen LogP contribution in [0.2, 0.25) is 0 Å². The monoisotopic (exact) mass is 504 g/mol. The highest BCUT2D eigenvalue weighted by Crippen LogP contribution is 2.38. The topological polar surface area (TPSA) is 103 Å². The van der Waals surface area contributed by atoms with Crippen LogP contribution in [0.15, 0.2) is 65.5 Å². The summed E-state index contributed by atoms with van der Waals surface area (Å²) in [7, 11) is 4.36. The smallest absolute Gasteiger partial charge is 0.262 e. The van der Waals surface area contributed by atoms with E-state index in [1.54, 1.807) is 36.4 Å². The molecule has 0 unspecified atom stereocenters. The molecule has 0 fully saturated rings. The van der Waals surface area contributed by atoms with Gasteiger partial charge in [-0.25, -0.2) is 0 Å². The maximum Gasteiger partial charge on any atom is 0.262 e. The second-order valence-corrected chi connectivity index (χ2v) is 8.87. The maximum absolute atomic E-state index is 13.4. The molecule has 0 aliphatic rings. The zero-order valence-corrected chi connectivity index (χ0v) is 20.9. The Morgan fingerprint density at radius 2 is 1.44 bits per heavy atom. The second kappa shape index (κ2) is 10.5. The van der Waals surface area contributed by atoms with E-state index >= 15 is 0 Å². The van der Waals surface area contributed by atoms with Crippen LogP contribution in [0.4, 0.5) is 10.7 Å². The number of ether oxygens (including phenoxy) is 3. The SMILES string of the molecule is COc1cc(C(=O)Nc2sc3ccccc3c(=O)c2C(=O)Nc2ccc(C)cc2)cc(OC)c1OC. The largest absolute Gasteiger partial charge is 0.493 e. The highest BCUT2D eigenvalue weighted by Gasteiger charge is 2.23. The van der Waals surface area contributed by atoms with Crippen LogP contribution < -0.4 is 30.3 Å². The van der Waals surface area contributed by atoms with Gasteiger partial charge in [-0.3, -0.25) is 14.4 Å². The lowest BCUT2D eigenvalue weighted by Crippen LogP contribution is -2.25. The molecule has 3 aromatic carbocycles. The van der Waals surface area contributed by atoms with Gasteiger partial charge in [0.05, 0.1) is 21.3 Å². The van der Waals surface area contributed by atoms with Crippen molar-refractivity contribution in [1.29, 1.82) is 0 Å². The molecule has 0 bridgehead atoms. The normalized spacial score (nSPS) is 10.6. The first-order chi connectivity index (χ1) is 17.4. The zero-order valence-electron chi connectivity index (χ0n) is 20.1. The standard InChI is InChI=1S/C27H24N2O6S/c1-15-9-11-17(12-10-15)28-26(32)22-23(30)18-7-5-6-8-21(18)36-27(22)29-25(31)16-13-19(33-2)24(35-4)20(14-16)34-3/h5-14H,1-4H3,(H,28,32)(H,29,31). The number of fused-ring (bicyclic) bond motifs is 1. The fourth-order valence-electron chi connectivity index (χ4n) is 3.65. The van der Waals surface area contributed by atoms with Crippen LogP contribution in [-0.4, -0.2) is 33.1 Å². The Kier molecular flexibility index (Phi) is 7.21. The van der Waals surface area contributed by atoms with Gasteiger partial charge in [0.2, 0.25) is 11.2 Å². The van der Waals surface area contributed by atoms with Crippen molar-refractivity contribution in [3.63, 3.8) is 0 Å². The molecule has 0 aliphatic carbocycles. The molecule has 0 saturated heterocycles. The van der Waals surface area contributed by atoms with Crippen molar-refractivity contribution >= 4 is 43.9 Å². The van der Waals surface area contributed by atoms with Crippen LogP contribution in [0, 0.1) is 6.92 Å². The molecular formula is C27H24N2O6S. The Balaban J connectivity index is 1.78. The minimum Gasteiger partial charge on any atom is -0.493 e. The van der Waals surface area contributed by atoms with Gasteiger partial charge >= 0.3 is 0 Å². The molecule has 2 N–H and O–H groups in total. The van der Waals surface area contributed by atoms with Gasteiger partial charge < -0.3 is 24.8 Å². The van der Waals surface area contributed by atoms with Crippen LogP contribution >= 0.6 is 11.3 Å². The van der Waals surface area contributed by atoms with Gasteiger partial charge in [-0.1, -0.05) is 29.8 Å². The molecule has 2 amide bonds. The van der Waals surface area contributed by atoms with E-state index in [1.165, 1.54) is 33.5 Å². The number of methoxy groups -OCH3 is 3. The number of carbonyl (C=O) groups excluding carboxylic acids is 2. The molecule has 4 aromatic rings. The fraction of sp³-hybridized carbons (Fsp3) is 0.148. The number of rotatable bonds is 7. The Morgan fingerprint density at radius 3 is 2.06 bits per heavy atom. The summed E-state index contributed by atoms with van der Waals surface area (Å²) in [5, 5.41) is 6.02. The van der Waals surface area contributed by atoms with Gasteiger partial charge in [0.25, 0.3) is 11.8 Å². The van der Waals surface area contributed by atoms with E-state index in [9.17, 15) is 14.4 Å². The number of hydrogen-bond donors (Lipinski definition) is 2. The van der Waals surface area contributed by atoms with E-state index in [0.29, 0.717) is 33.0 Å². The number of amides is 2. The molecule has 184 valence electrons. The van der Waals surface area contributed by atoms with Crippen LogP contribution in [0.25, 0.3) is 10.1 Å². The lowest BCUT2D eigenvalue weighted by molar-refractivity contribution is 0.102. The summed E-state index contributed by atoms with van der Waals surface area (Å²) in [5.74, 6) is -0.238. The number of anilines is 2. The lowest BCUT2D eigenvalue weighted by atomic mass is 10.1. The quantitative estimate of drug-likeness (QED) is 0.363. The van der Waals surface area contributed by atoms with Crippen molar-refractivity contribution < 1.29 is 23.8 Å². The molecule has 0 saturated carbocycles. The maximum atomic E-state index is 13.4. The third kappa shape index (κ3) is 4.87. The number of benzene rings is 3. The summed E-state index contributed by atoms with van der Waals surface area (Å²) < 4.78 is 16.6. The van der Waals surface area contributed by atoms with E-state index in [2.05, 4.69) is 10.6 Å². The minimum absolute atomic E-state index is 0.127. The molecule has 9 heteroatoms. The van der Waals surface area contributed by atoms with Crippen molar-refractivity contribution in [1.82, 2.24) is 0 Å². The zero-order chi connectivity index (χ0) is 25.8. The van der Waals surface area contributed by atoms with Crippen LogP contribution in [0.5, 0.6) is 17.2 Å². The van der Waals surface area contributed by atoms with Gasteiger partial charge in [-0.2, -0.15) is 0 Å². The summed E-state index contributed by atoms with van der Waals surface area (Å²) in [4.78, 5) is 39.9. The second-order valence-electron chi connectivity index (χ2n) is 7.82. The lowest BCUT2D eigenvalue weighted by Gasteiger charge is -2.15. The highest BCUT2D eigenvalue weighted by atomic mass is 32.1. The third-order valence-corrected chi connectivity index (χ3v) is 6.57. The molecule has 0 atom stereocenters. The first kappa shape index (κ1) is 24.7. The van der Waals surface area contributed by atoms with Crippen LogP contribution in [0.3, 0.4) is 0 Å². The van der Waals surface area contributed by atoms with E-state index < -0.39 is 17.2 Å². The molecule has 36 heavy (non-hydrogen) atoms. The molecule has 0 spiro atoms. The van der Waals surface area contributed by atoms with Crippen molar-refractivity contribution in [3.05, 3.63) is 87.6 Å². The van der Waals surface area contributed by atoms with E-state index in [-0.39, 0.29) is 16.1 Å². The van der Waals surface area contributed by atoms with E-state index in [1.807, 2.05) is 19.1 Å². The minimum atomic E-state index is -0.619. The summed E-state index contributed by atoms with van der Waals surface area (Å²) in [6.45, 7) is 1.93. The molecule has 8 nitrogen and oxygen atoms in total. The molecule has 0 aliphatic heterocycles. The van der Waals surface area contributed by atoms with E-state index in [4.69, 9.17) is 14.2 Å². The highest BCUT2D eigenvalue weighted by molar-refractivity contribution is 7.22. The summed E-state index contributed by atoms with van der Waals surface area (Å²) in [6, 6.07) is 17.1. The summed E-state index contributed by atoms with van der Waals surface area (Å²) in [5.41, 5.74) is 1.13. The van der Waals surface area contributed by atoms with Crippen LogP contribution in [-0.2, 0) is 0 Å². The molecule has 1 heterocycles. The Labute approximate surface area is 211 Å². The number of hydrogen-bond acceptors (Lipinski definition) is 7. The van der Waals surface area contributed by atoms with Gasteiger partial charge in [0, 0.05) is 21.3 Å². The van der Waals surface area contributed by atoms with Gasteiger partial charge in [0.15, 0.2) is 11.5 Å². The molecular weight excluding hydrogens is 480 g/mol. The summed E-state index contributed by atoms with van der Waals surface area (Å²) in [6.07, 6.45) is 0. The Morgan fingerprint density at radius 1 is 0.806 bits per heavy atom. The van der Waals surface area contributed by atoms with Crippen molar-refractivity contribution in [2.75, 3.05) is 32.0 Å². The number of aryl methyl sites for hydroxylation is 1. The molecule has 0 radical (unpaired) electrons.